The number of ether oxygens (including phenoxy) is 2. The lowest BCUT2D eigenvalue weighted by Crippen LogP contribution is -2.03. The topological polar surface area (TPSA) is 62.1 Å². The van der Waals surface area contributed by atoms with Gasteiger partial charge in [-0.15, -0.1) is 0 Å². The molecule has 0 bridgehead atoms. The van der Waals surface area contributed by atoms with Gasteiger partial charge in [-0.3, -0.25) is 10.2 Å². The van der Waals surface area contributed by atoms with E-state index in [4.69, 9.17) is 9.47 Å². The van der Waals surface area contributed by atoms with Crippen molar-refractivity contribution in [2.45, 2.75) is 6.54 Å². The van der Waals surface area contributed by atoms with Crippen LogP contribution in [-0.4, -0.2) is 24.4 Å². The standard InChI is InChI=1S/C19H18FN3O2/c1-24-14-4-6-17(25-2)12(8-14)10-21-19-16-9-11-7-13(20)3-5-15(11)18(16)22-23-19/h3-9,21-23H,10H2,1-2H3. The number of aromatic amines is 2. The van der Waals surface area contributed by atoms with Crippen LogP contribution in [0.15, 0.2) is 42.5 Å². The van der Waals surface area contributed by atoms with Crippen LogP contribution in [0.25, 0.3) is 22.0 Å². The molecule has 25 heavy (non-hydrogen) atoms. The predicted octanol–water partition coefficient (Wildman–Crippen LogP) is 4.37. The van der Waals surface area contributed by atoms with E-state index < -0.39 is 0 Å². The van der Waals surface area contributed by atoms with E-state index in [0.717, 1.165) is 44.9 Å². The summed E-state index contributed by atoms with van der Waals surface area (Å²) >= 11 is 0. The first-order valence-electron chi connectivity index (χ1n) is 7.92. The molecule has 0 saturated heterocycles. The van der Waals surface area contributed by atoms with E-state index in [1.165, 1.54) is 12.1 Å². The van der Waals surface area contributed by atoms with E-state index >= 15 is 0 Å². The van der Waals surface area contributed by atoms with Crippen LogP contribution < -0.4 is 14.8 Å². The smallest absolute Gasteiger partial charge is 0.127 e. The summed E-state index contributed by atoms with van der Waals surface area (Å²) in [4.78, 5) is 0. The lowest BCUT2D eigenvalue weighted by molar-refractivity contribution is 0.399. The van der Waals surface area contributed by atoms with E-state index in [9.17, 15) is 4.39 Å². The van der Waals surface area contributed by atoms with Gasteiger partial charge in [0, 0.05) is 23.1 Å². The molecule has 128 valence electrons. The van der Waals surface area contributed by atoms with Crippen LogP contribution in [0.2, 0.25) is 0 Å². The summed E-state index contributed by atoms with van der Waals surface area (Å²) in [5, 5.41) is 11.5. The number of hydrogen-bond acceptors (Lipinski definition) is 3. The molecule has 3 N–H and O–H groups in total. The molecule has 1 aliphatic heterocycles. The summed E-state index contributed by atoms with van der Waals surface area (Å²) in [7, 11) is 3.28. The van der Waals surface area contributed by atoms with Gasteiger partial charge >= 0.3 is 0 Å². The quantitative estimate of drug-likeness (QED) is 0.506. The number of fused-ring (bicyclic) bond motifs is 3. The Morgan fingerprint density at radius 1 is 1.00 bits per heavy atom. The molecule has 6 heteroatoms. The lowest BCUT2D eigenvalue weighted by atomic mass is 10.1. The van der Waals surface area contributed by atoms with E-state index in [2.05, 4.69) is 15.5 Å². The number of aromatic nitrogens is 2. The normalized spacial score (nSPS) is 11.2. The number of benzene rings is 2. The number of rotatable bonds is 5. The van der Waals surface area contributed by atoms with Gasteiger partial charge in [0.2, 0.25) is 0 Å². The highest BCUT2D eigenvalue weighted by atomic mass is 19.1. The van der Waals surface area contributed by atoms with Crippen molar-refractivity contribution in [1.82, 2.24) is 10.2 Å². The minimum atomic E-state index is -0.236. The first kappa shape index (κ1) is 15.4. The van der Waals surface area contributed by atoms with Crippen molar-refractivity contribution in [2.24, 2.45) is 0 Å². The molecule has 0 radical (unpaired) electrons. The van der Waals surface area contributed by atoms with E-state index in [1.807, 2.05) is 24.3 Å². The first-order valence-corrected chi connectivity index (χ1v) is 7.92. The second-order valence-corrected chi connectivity index (χ2v) is 5.82. The zero-order valence-electron chi connectivity index (χ0n) is 13.9. The van der Waals surface area contributed by atoms with Crippen molar-refractivity contribution >= 4 is 16.6 Å². The fourth-order valence-electron chi connectivity index (χ4n) is 3.12. The van der Waals surface area contributed by atoms with Crippen LogP contribution in [0.5, 0.6) is 11.5 Å². The third-order valence-electron chi connectivity index (χ3n) is 4.38. The largest absolute Gasteiger partial charge is 0.497 e. The fraction of sp³-hybridized carbons (Fsp3) is 0.158. The number of methoxy groups -OCH3 is 2. The molecule has 2 aliphatic rings. The molecule has 2 aromatic rings. The summed E-state index contributed by atoms with van der Waals surface area (Å²) in [5.41, 5.74) is 2.92. The number of nitrogens with one attached hydrogen (secondary N) is 3. The molecule has 0 unspecified atom stereocenters. The van der Waals surface area contributed by atoms with Gasteiger partial charge in [0.1, 0.15) is 23.1 Å². The number of hydrogen-bond donors (Lipinski definition) is 3. The highest BCUT2D eigenvalue weighted by Gasteiger charge is 2.17. The van der Waals surface area contributed by atoms with Crippen molar-refractivity contribution in [1.29, 1.82) is 0 Å². The van der Waals surface area contributed by atoms with Crippen molar-refractivity contribution in [2.75, 3.05) is 19.5 Å². The fourth-order valence-corrected chi connectivity index (χ4v) is 3.12. The van der Waals surface area contributed by atoms with Crippen molar-refractivity contribution in [3.05, 3.63) is 53.8 Å². The van der Waals surface area contributed by atoms with Crippen molar-refractivity contribution in [3.63, 3.8) is 0 Å². The molecule has 0 fully saturated rings. The average molecular weight is 339 g/mol. The van der Waals surface area contributed by atoms with Crippen LogP contribution in [-0.2, 0) is 6.54 Å². The van der Waals surface area contributed by atoms with Crippen molar-refractivity contribution in [3.8, 4) is 22.8 Å². The van der Waals surface area contributed by atoms with E-state index in [0.29, 0.717) is 6.54 Å². The molecule has 4 rings (SSSR count). The van der Waals surface area contributed by atoms with Gasteiger partial charge < -0.3 is 14.8 Å². The SMILES string of the molecule is COc1ccc(OC)c(CNc2[nH][nH]c3c4ccc(F)cc4cc2-3)c1. The molecular weight excluding hydrogens is 321 g/mol. The molecule has 0 spiro atoms. The van der Waals surface area contributed by atoms with Gasteiger partial charge in [-0.1, -0.05) is 0 Å². The highest BCUT2D eigenvalue weighted by Crippen LogP contribution is 2.37. The molecule has 0 saturated carbocycles. The molecule has 0 atom stereocenters. The maximum atomic E-state index is 13.4. The monoisotopic (exact) mass is 339 g/mol. The van der Waals surface area contributed by atoms with Crippen LogP contribution in [0, 0.1) is 5.82 Å². The third kappa shape index (κ3) is 2.65. The van der Waals surface area contributed by atoms with E-state index in [1.54, 1.807) is 20.3 Å². The van der Waals surface area contributed by atoms with Gasteiger partial charge in [-0.05, 0) is 47.9 Å². The Kier molecular flexibility index (Phi) is 3.72. The molecule has 0 aromatic heterocycles. The summed E-state index contributed by atoms with van der Waals surface area (Å²) in [6, 6.07) is 12.4. The zero-order chi connectivity index (χ0) is 17.4. The summed E-state index contributed by atoms with van der Waals surface area (Å²) in [6.45, 7) is 0.555. The number of H-pyrrole nitrogens is 2. The zero-order valence-corrected chi connectivity index (χ0v) is 13.9. The van der Waals surface area contributed by atoms with Crippen LogP contribution >= 0.6 is 0 Å². The maximum Gasteiger partial charge on any atom is 0.127 e. The molecular formula is C19H18FN3O2. The Balaban J connectivity index is 1.63. The Bertz CT molecular complexity index is 1010. The summed E-state index contributed by atoms with van der Waals surface area (Å²) in [5.74, 6) is 2.17. The van der Waals surface area contributed by atoms with Gasteiger partial charge in [-0.25, -0.2) is 4.39 Å². The van der Waals surface area contributed by atoms with Crippen LogP contribution in [0.3, 0.4) is 0 Å². The van der Waals surface area contributed by atoms with Gasteiger partial charge in [0.05, 0.1) is 19.9 Å². The summed E-state index contributed by atoms with van der Waals surface area (Å²) in [6.07, 6.45) is 0. The van der Waals surface area contributed by atoms with E-state index in [-0.39, 0.29) is 5.82 Å². The highest BCUT2D eigenvalue weighted by molar-refractivity contribution is 6.03. The molecule has 0 amide bonds. The minimum absolute atomic E-state index is 0.236. The van der Waals surface area contributed by atoms with Crippen molar-refractivity contribution < 1.29 is 13.9 Å². The van der Waals surface area contributed by atoms with Gasteiger partial charge in [-0.2, -0.15) is 0 Å². The summed E-state index contributed by atoms with van der Waals surface area (Å²) < 4.78 is 24.1. The Labute approximate surface area is 144 Å². The van der Waals surface area contributed by atoms with Crippen LogP contribution in [0.4, 0.5) is 10.2 Å². The lowest BCUT2D eigenvalue weighted by Gasteiger charge is -2.11. The average Bonchev–Trinajstić information content (AvgIpc) is 3.18. The Morgan fingerprint density at radius 3 is 2.68 bits per heavy atom. The Morgan fingerprint density at radius 2 is 1.88 bits per heavy atom. The van der Waals surface area contributed by atoms with Gasteiger partial charge in [0.15, 0.2) is 0 Å². The Hall–Kier alpha value is -3.15. The minimum Gasteiger partial charge on any atom is -0.497 e. The third-order valence-corrected chi connectivity index (χ3v) is 4.38. The second-order valence-electron chi connectivity index (χ2n) is 5.82. The van der Waals surface area contributed by atoms with Crippen LogP contribution in [0.1, 0.15) is 5.56 Å². The number of halogens is 1. The number of anilines is 1. The first-order chi connectivity index (χ1) is 12.2. The molecule has 2 aromatic carbocycles. The maximum absolute atomic E-state index is 13.4. The second kappa shape index (κ2) is 6.05. The molecule has 5 nitrogen and oxygen atoms in total. The molecule has 1 heterocycles. The predicted molar refractivity (Wildman–Crippen MR) is 96.1 cm³/mol. The molecule has 1 aliphatic carbocycles. The van der Waals surface area contributed by atoms with Gasteiger partial charge in [0.25, 0.3) is 0 Å².